The number of amides is 1. The number of thioether (sulfide) groups is 1. The zero-order valence-corrected chi connectivity index (χ0v) is 16.0. The first kappa shape index (κ1) is 19.9. The fourth-order valence-corrected chi connectivity index (χ4v) is 3.43. The molecule has 1 aromatic rings. The van der Waals surface area contributed by atoms with Crippen molar-refractivity contribution in [2.24, 2.45) is 0 Å². The fourth-order valence-electron chi connectivity index (χ4n) is 2.21. The first-order valence-corrected chi connectivity index (χ1v) is 9.51. The van der Waals surface area contributed by atoms with Crippen molar-refractivity contribution in [2.75, 3.05) is 24.2 Å². The van der Waals surface area contributed by atoms with Crippen molar-refractivity contribution in [1.29, 1.82) is 0 Å². The summed E-state index contributed by atoms with van der Waals surface area (Å²) in [6.45, 7) is 3.29. The van der Waals surface area contributed by atoms with Crippen molar-refractivity contribution in [3.63, 3.8) is 0 Å². The number of hydrogen-bond donors (Lipinski definition) is 1. The van der Waals surface area contributed by atoms with Crippen LogP contribution in [-0.4, -0.2) is 46.0 Å². The van der Waals surface area contributed by atoms with Crippen LogP contribution in [0.15, 0.2) is 18.2 Å². The molecule has 0 radical (unpaired) electrons. The molecule has 1 aliphatic heterocycles. The average molecular weight is 405 g/mol. The second-order valence-electron chi connectivity index (χ2n) is 5.50. The van der Waals surface area contributed by atoms with Gasteiger partial charge in [-0.25, -0.2) is 4.39 Å². The Balaban J connectivity index is 1.76. The predicted molar refractivity (Wildman–Crippen MR) is 101 cm³/mol. The Labute approximate surface area is 160 Å². The molecule has 1 amide bonds. The summed E-state index contributed by atoms with van der Waals surface area (Å²) in [7, 11) is 0. The Kier molecular flexibility index (Phi) is 7.46. The topological polar surface area (TPSA) is 58.6 Å². The highest BCUT2D eigenvalue weighted by molar-refractivity contribution is 8.23. The highest BCUT2D eigenvalue weighted by atomic mass is 35.5. The summed E-state index contributed by atoms with van der Waals surface area (Å²) in [6, 6.07) is 3.80. The molecule has 1 fully saturated rings. The lowest BCUT2D eigenvalue weighted by atomic mass is 10.3. The van der Waals surface area contributed by atoms with Crippen molar-refractivity contribution in [2.45, 2.75) is 25.9 Å². The van der Waals surface area contributed by atoms with E-state index in [-0.39, 0.29) is 10.8 Å². The van der Waals surface area contributed by atoms with Crippen LogP contribution in [0.2, 0.25) is 5.02 Å². The Hall–Kier alpha value is -1.38. The quantitative estimate of drug-likeness (QED) is 0.599. The molecule has 25 heavy (non-hydrogen) atoms. The third kappa shape index (κ3) is 6.13. The van der Waals surface area contributed by atoms with Gasteiger partial charge in [0.05, 0.1) is 10.8 Å². The van der Waals surface area contributed by atoms with E-state index in [0.717, 1.165) is 32.0 Å². The van der Waals surface area contributed by atoms with Crippen LogP contribution in [0.4, 0.5) is 10.1 Å². The number of hydrogen-bond acceptors (Lipinski definition) is 5. The third-order valence-electron chi connectivity index (χ3n) is 3.54. The van der Waals surface area contributed by atoms with Crippen molar-refractivity contribution in [1.82, 2.24) is 4.90 Å². The fraction of sp³-hybridized carbons (Fsp3) is 0.438. The highest BCUT2D eigenvalue weighted by Crippen LogP contribution is 2.20. The number of likely N-dealkylation sites (tertiary alicyclic amines) is 1. The second-order valence-corrected chi connectivity index (χ2v) is 7.52. The molecule has 1 aromatic carbocycles. The van der Waals surface area contributed by atoms with Gasteiger partial charge in [-0.2, -0.15) is 0 Å². The van der Waals surface area contributed by atoms with Gasteiger partial charge in [-0.1, -0.05) is 35.6 Å². The third-order valence-corrected chi connectivity index (χ3v) is 5.33. The van der Waals surface area contributed by atoms with Crippen LogP contribution in [0.3, 0.4) is 0 Å². The molecule has 9 heteroatoms. The van der Waals surface area contributed by atoms with E-state index in [1.54, 1.807) is 0 Å². The summed E-state index contributed by atoms with van der Waals surface area (Å²) in [5, 5.41) is 2.41. The molecule has 5 nitrogen and oxygen atoms in total. The van der Waals surface area contributed by atoms with Gasteiger partial charge in [-0.15, -0.1) is 0 Å². The number of nitrogens with one attached hydrogen (secondary N) is 1. The molecule has 0 bridgehead atoms. The average Bonchev–Trinajstić information content (AvgIpc) is 3.10. The lowest BCUT2D eigenvalue weighted by molar-refractivity contribution is -0.150. The number of halogens is 2. The van der Waals surface area contributed by atoms with Gasteiger partial charge in [-0.05, 0) is 38.0 Å². The van der Waals surface area contributed by atoms with Gasteiger partial charge < -0.3 is 15.0 Å². The number of carbonyl (C=O) groups is 2. The summed E-state index contributed by atoms with van der Waals surface area (Å²) < 4.78 is 18.9. The zero-order chi connectivity index (χ0) is 18.4. The monoisotopic (exact) mass is 404 g/mol. The van der Waals surface area contributed by atoms with Crippen LogP contribution in [0, 0.1) is 5.82 Å². The van der Waals surface area contributed by atoms with Gasteiger partial charge >= 0.3 is 5.97 Å². The molecule has 0 unspecified atom stereocenters. The number of ether oxygens (including phenoxy) is 1. The van der Waals surface area contributed by atoms with Crippen LogP contribution in [0.1, 0.15) is 19.8 Å². The Bertz CT molecular complexity index is 669. The minimum atomic E-state index is -0.989. The van der Waals surface area contributed by atoms with E-state index in [0.29, 0.717) is 10.0 Å². The normalized spacial score (nSPS) is 14.9. The number of benzene rings is 1. The van der Waals surface area contributed by atoms with Crippen molar-refractivity contribution in [3.05, 3.63) is 29.0 Å². The smallest absolute Gasteiger partial charge is 0.317 e. The molecule has 0 spiro atoms. The molecule has 2 rings (SSSR count). The van der Waals surface area contributed by atoms with E-state index >= 15 is 0 Å². The molecule has 1 N–H and O–H groups in total. The van der Waals surface area contributed by atoms with Gasteiger partial charge in [0.1, 0.15) is 10.1 Å². The zero-order valence-electron chi connectivity index (χ0n) is 13.6. The standard InChI is InChI=1S/C16H18ClFN2O3S2/c1-10(15(22)19-11-4-5-13(18)12(17)8-11)23-14(21)9-25-16(24)20-6-2-3-7-20/h4-5,8,10H,2-3,6-7,9H2,1H3,(H,19,22)/t10-/m1/s1. The molecule has 1 heterocycles. The van der Waals surface area contributed by atoms with E-state index in [1.165, 1.54) is 30.8 Å². The molecule has 0 saturated carbocycles. The number of nitrogens with zero attached hydrogens (tertiary/aromatic N) is 1. The van der Waals surface area contributed by atoms with Gasteiger partial charge in [0.15, 0.2) is 6.10 Å². The first-order chi connectivity index (χ1) is 11.9. The maximum atomic E-state index is 13.1. The largest absolute Gasteiger partial charge is 0.452 e. The van der Waals surface area contributed by atoms with Gasteiger partial charge in [0.25, 0.3) is 5.91 Å². The maximum Gasteiger partial charge on any atom is 0.317 e. The summed E-state index contributed by atoms with van der Waals surface area (Å²) >= 11 is 12.2. The van der Waals surface area contributed by atoms with Crippen LogP contribution in [-0.2, 0) is 14.3 Å². The maximum absolute atomic E-state index is 13.1. The van der Waals surface area contributed by atoms with Gasteiger partial charge in [0, 0.05) is 18.8 Å². The van der Waals surface area contributed by atoms with E-state index in [1.807, 2.05) is 0 Å². The number of carbonyl (C=O) groups excluding carboxylic acids is 2. The van der Waals surface area contributed by atoms with Gasteiger partial charge in [-0.3, -0.25) is 9.59 Å². The highest BCUT2D eigenvalue weighted by Gasteiger charge is 2.20. The predicted octanol–water partition coefficient (Wildman–Crippen LogP) is 3.46. The minimum Gasteiger partial charge on any atom is -0.452 e. The first-order valence-electron chi connectivity index (χ1n) is 7.74. The number of rotatable bonds is 5. The molecule has 1 atom stereocenters. The molecular weight excluding hydrogens is 387 g/mol. The van der Waals surface area contributed by atoms with Crippen molar-refractivity contribution < 1.29 is 18.7 Å². The van der Waals surface area contributed by atoms with Crippen LogP contribution >= 0.6 is 35.6 Å². The molecule has 136 valence electrons. The Morgan fingerprint density at radius 3 is 2.76 bits per heavy atom. The summed E-state index contributed by atoms with van der Waals surface area (Å²) in [5.74, 6) is -1.57. The Morgan fingerprint density at radius 1 is 1.44 bits per heavy atom. The molecule has 0 aliphatic carbocycles. The van der Waals surface area contributed by atoms with Gasteiger partial charge in [0.2, 0.25) is 0 Å². The van der Waals surface area contributed by atoms with E-state index in [4.69, 9.17) is 28.6 Å². The van der Waals surface area contributed by atoms with Crippen LogP contribution < -0.4 is 5.32 Å². The number of thiocarbonyl (C=S) groups is 1. The lowest BCUT2D eigenvalue weighted by Crippen LogP contribution is -2.31. The number of anilines is 1. The summed E-state index contributed by atoms with van der Waals surface area (Å²) in [6.07, 6.45) is 1.23. The van der Waals surface area contributed by atoms with Crippen LogP contribution in [0.25, 0.3) is 0 Å². The van der Waals surface area contributed by atoms with E-state index < -0.39 is 23.8 Å². The molecular formula is C16H18ClFN2O3S2. The summed E-state index contributed by atoms with van der Waals surface area (Å²) in [4.78, 5) is 25.9. The Morgan fingerprint density at radius 2 is 2.12 bits per heavy atom. The lowest BCUT2D eigenvalue weighted by Gasteiger charge is -2.18. The molecule has 1 aliphatic rings. The number of esters is 1. The molecule has 1 saturated heterocycles. The van der Waals surface area contributed by atoms with Crippen molar-refractivity contribution >= 4 is 57.5 Å². The van der Waals surface area contributed by atoms with Crippen molar-refractivity contribution in [3.8, 4) is 0 Å². The minimum absolute atomic E-state index is 0.0509. The molecule has 0 aromatic heterocycles. The summed E-state index contributed by atoms with van der Waals surface area (Å²) in [5.41, 5.74) is 0.323. The second kappa shape index (κ2) is 9.35. The van der Waals surface area contributed by atoms with E-state index in [2.05, 4.69) is 10.2 Å². The van der Waals surface area contributed by atoms with E-state index in [9.17, 15) is 14.0 Å². The SMILES string of the molecule is C[C@@H](OC(=O)CSC(=S)N1CCCC1)C(=O)Nc1ccc(F)c(Cl)c1. The van der Waals surface area contributed by atoms with Crippen LogP contribution in [0.5, 0.6) is 0 Å².